The minimum absolute atomic E-state index is 0.306. The van der Waals surface area contributed by atoms with Gasteiger partial charge in [0, 0.05) is 29.7 Å². The van der Waals surface area contributed by atoms with E-state index in [9.17, 15) is 4.79 Å². The third-order valence-electron chi connectivity index (χ3n) is 4.92. The van der Waals surface area contributed by atoms with Crippen molar-refractivity contribution < 1.29 is 14.1 Å². The number of fused-ring (bicyclic) bond motifs is 1. The summed E-state index contributed by atoms with van der Waals surface area (Å²) >= 11 is 0. The maximum atomic E-state index is 13.0. The fraction of sp³-hybridized carbons (Fsp3) is 0.0400. The van der Waals surface area contributed by atoms with Crippen LogP contribution >= 0.6 is 0 Å². The predicted molar refractivity (Wildman–Crippen MR) is 120 cm³/mol. The van der Waals surface area contributed by atoms with Crippen LogP contribution in [0.25, 0.3) is 22.2 Å². The molecule has 1 amide bonds. The summed E-state index contributed by atoms with van der Waals surface area (Å²) in [5.41, 5.74) is 3.00. The fourth-order valence-corrected chi connectivity index (χ4v) is 3.30. The molecule has 1 N–H and O–H groups in total. The van der Waals surface area contributed by atoms with Gasteiger partial charge in [-0.25, -0.2) is 4.98 Å². The van der Waals surface area contributed by atoms with Crippen LogP contribution in [0.2, 0.25) is 0 Å². The van der Waals surface area contributed by atoms with E-state index in [1.54, 1.807) is 48.9 Å². The molecule has 0 fully saturated rings. The highest BCUT2D eigenvalue weighted by molar-refractivity contribution is 6.07. The quantitative estimate of drug-likeness (QED) is 0.409. The van der Waals surface area contributed by atoms with E-state index in [0.29, 0.717) is 35.0 Å². The molecule has 2 aromatic carbocycles. The van der Waals surface area contributed by atoms with Crippen molar-refractivity contribution in [2.45, 2.75) is 6.61 Å². The molecule has 0 aliphatic heterocycles. The summed E-state index contributed by atoms with van der Waals surface area (Å²) in [6.07, 6.45) is 5.01. The van der Waals surface area contributed by atoms with Gasteiger partial charge in [-0.05, 0) is 48.0 Å². The molecule has 5 aromatic rings. The Morgan fingerprint density at radius 1 is 0.938 bits per heavy atom. The molecule has 7 nitrogen and oxygen atoms in total. The van der Waals surface area contributed by atoms with Crippen molar-refractivity contribution in [1.82, 2.24) is 15.1 Å². The van der Waals surface area contributed by atoms with Gasteiger partial charge < -0.3 is 14.6 Å². The van der Waals surface area contributed by atoms with Gasteiger partial charge in [-0.15, -0.1) is 0 Å². The monoisotopic (exact) mass is 422 g/mol. The van der Waals surface area contributed by atoms with Crippen LogP contribution < -0.4 is 10.1 Å². The van der Waals surface area contributed by atoms with Crippen LogP contribution in [0.15, 0.2) is 95.9 Å². The van der Waals surface area contributed by atoms with Gasteiger partial charge in [-0.2, -0.15) is 0 Å². The number of carbonyl (C=O) groups excluding carboxylic acids is 1. The average Bonchev–Trinajstić information content (AvgIpc) is 3.28. The van der Waals surface area contributed by atoms with E-state index >= 15 is 0 Å². The molecule has 0 unspecified atom stereocenters. The number of nitrogens with one attached hydrogen (secondary N) is 1. The number of aromatic nitrogens is 3. The Balaban J connectivity index is 1.38. The van der Waals surface area contributed by atoms with E-state index in [-0.39, 0.29) is 5.91 Å². The second kappa shape index (κ2) is 8.69. The molecule has 0 bridgehead atoms. The summed E-state index contributed by atoms with van der Waals surface area (Å²) in [4.78, 5) is 21.3. The van der Waals surface area contributed by atoms with Crippen LogP contribution in [0.1, 0.15) is 15.9 Å². The highest BCUT2D eigenvalue weighted by Crippen LogP contribution is 2.30. The Morgan fingerprint density at radius 3 is 2.62 bits per heavy atom. The summed E-state index contributed by atoms with van der Waals surface area (Å²) < 4.78 is 11.4. The maximum absolute atomic E-state index is 13.0. The molecular weight excluding hydrogens is 404 g/mol. The molecule has 5 rings (SSSR count). The topological polar surface area (TPSA) is 90.1 Å². The lowest BCUT2D eigenvalue weighted by Gasteiger charge is -2.11. The highest BCUT2D eigenvalue weighted by Gasteiger charge is 2.16. The normalized spacial score (nSPS) is 10.8. The third-order valence-corrected chi connectivity index (χ3v) is 4.92. The molecule has 32 heavy (non-hydrogen) atoms. The first-order valence-corrected chi connectivity index (χ1v) is 10.0. The molecule has 3 aromatic heterocycles. The minimum atomic E-state index is -0.306. The van der Waals surface area contributed by atoms with Gasteiger partial charge in [-0.3, -0.25) is 9.78 Å². The standard InChI is InChI=1S/C25H18N4O3/c30-25(28-24-22(7-4-12-27-24)31-16-17-10-13-26-14-11-17)19-8-9-21-20(15-19)23(32-29-21)18-5-2-1-3-6-18/h1-15H,16H2,(H,27,28,30). The van der Waals surface area contributed by atoms with E-state index in [1.165, 1.54) is 0 Å². The Kier molecular flexibility index (Phi) is 5.28. The number of hydrogen-bond donors (Lipinski definition) is 1. The lowest BCUT2D eigenvalue weighted by molar-refractivity contribution is 0.102. The molecule has 0 spiro atoms. The lowest BCUT2D eigenvalue weighted by Crippen LogP contribution is -2.14. The first kappa shape index (κ1) is 19.4. The van der Waals surface area contributed by atoms with E-state index in [2.05, 4.69) is 20.4 Å². The first-order chi connectivity index (χ1) is 15.8. The van der Waals surface area contributed by atoms with Crippen molar-refractivity contribution in [3.8, 4) is 17.1 Å². The number of nitrogens with zero attached hydrogens (tertiary/aromatic N) is 3. The second-order valence-electron chi connectivity index (χ2n) is 7.06. The summed E-state index contributed by atoms with van der Waals surface area (Å²) in [5, 5.41) is 7.71. The van der Waals surface area contributed by atoms with Gasteiger partial charge in [0.1, 0.15) is 12.1 Å². The van der Waals surface area contributed by atoms with E-state index < -0.39 is 0 Å². The Bertz CT molecular complexity index is 1370. The molecule has 0 radical (unpaired) electrons. The van der Waals surface area contributed by atoms with Crippen molar-refractivity contribution in [3.05, 3.63) is 103 Å². The Morgan fingerprint density at radius 2 is 1.78 bits per heavy atom. The number of amides is 1. The van der Waals surface area contributed by atoms with E-state index in [0.717, 1.165) is 16.5 Å². The van der Waals surface area contributed by atoms with Crippen molar-refractivity contribution in [2.24, 2.45) is 0 Å². The molecule has 0 atom stereocenters. The zero-order chi connectivity index (χ0) is 21.8. The second-order valence-corrected chi connectivity index (χ2v) is 7.06. The summed E-state index contributed by atoms with van der Waals surface area (Å²) in [5.74, 6) is 1.14. The Labute approximate surface area is 183 Å². The van der Waals surface area contributed by atoms with Crippen LogP contribution in [0.5, 0.6) is 5.75 Å². The molecule has 0 aliphatic rings. The summed E-state index contributed by atoms with van der Waals surface area (Å²) in [6, 6.07) is 22.2. The van der Waals surface area contributed by atoms with Gasteiger partial charge in [0.25, 0.3) is 5.91 Å². The average molecular weight is 422 g/mol. The van der Waals surface area contributed by atoms with Crippen LogP contribution in [-0.4, -0.2) is 21.0 Å². The maximum Gasteiger partial charge on any atom is 0.256 e. The number of anilines is 1. The molecule has 156 valence electrons. The van der Waals surface area contributed by atoms with Crippen LogP contribution in [-0.2, 0) is 6.61 Å². The predicted octanol–water partition coefficient (Wildman–Crippen LogP) is 5.12. The van der Waals surface area contributed by atoms with Crippen molar-refractivity contribution in [2.75, 3.05) is 5.32 Å². The van der Waals surface area contributed by atoms with Crippen LogP contribution in [0, 0.1) is 0 Å². The van der Waals surface area contributed by atoms with E-state index in [4.69, 9.17) is 9.26 Å². The smallest absolute Gasteiger partial charge is 0.256 e. The van der Waals surface area contributed by atoms with Gasteiger partial charge >= 0.3 is 0 Å². The number of pyridine rings is 2. The number of ether oxygens (including phenoxy) is 1. The molecule has 7 heteroatoms. The van der Waals surface area contributed by atoms with Crippen LogP contribution in [0.3, 0.4) is 0 Å². The summed E-state index contributed by atoms with van der Waals surface area (Å²) in [6.45, 7) is 0.337. The van der Waals surface area contributed by atoms with Gasteiger partial charge in [0.2, 0.25) is 0 Å². The number of carbonyl (C=O) groups is 1. The number of benzene rings is 2. The van der Waals surface area contributed by atoms with Crippen LogP contribution in [0.4, 0.5) is 5.82 Å². The fourth-order valence-electron chi connectivity index (χ4n) is 3.30. The van der Waals surface area contributed by atoms with Gasteiger partial charge in [-0.1, -0.05) is 35.5 Å². The zero-order valence-electron chi connectivity index (χ0n) is 16.9. The first-order valence-electron chi connectivity index (χ1n) is 10.0. The van der Waals surface area contributed by atoms with E-state index in [1.807, 2.05) is 42.5 Å². The molecule has 3 heterocycles. The number of rotatable bonds is 6. The minimum Gasteiger partial charge on any atom is -0.485 e. The van der Waals surface area contributed by atoms with Gasteiger partial charge in [0.05, 0.1) is 5.39 Å². The SMILES string of the molecule is O=C(Nc1ncccc1OCc1ccncc1)c1ccc2noc(-c3ccccc3)c2c1. The lowest BCUT2D eigenvalue weighted by atomic mass is 10.1. The number of hydrogen-bond acceptors (Lipinski definition) is 6. The summed E-state index contributed by atoms with van der Waals surface area (Å²) in [7, 11) is 0. The highest BCUT2D eigenvalue weighted by atomic mass is 16.5. The molecule has 0 aliphatic carbocycles. The largest absolute Gasteiger partial charge is 0.485 e. The third kappa shape index (κ3) is 4.04. The Hall–Kier alpha value is -4.52. The van der Waals surface area contributed by atoms with Crippen molar-refractivity contribution >= 4 is 22.6 Å². The zero-order valence-corrected chi connectivity index (χ0v) is 16.9. The van der Waals surface area contributed by atoms with Crippen molar-refractivity contribution in [3.63, 3.8) is 0 Å². The molecule has 0 saturated carbocycles. The van der Waals surface area contributed by atoms with Gasteiger partial charge in [0.15, 0.2) is 17.3 Å². The molecule has 0 saturated heterocycles. The molecular formula is C25H18N4O3. The van der Waals surface area contributed by atoms with Crippen molar-refractivity contribution in [1.29, 1.82) is 0 Å².